The van der Waals surface area contributed by atoms with Crippen LogP contribution in [0, 0.1) is 0 Å². The van der Waals surface area contributed by atoms with Crippen molar-refractivity contribution in [2.45, 2.75) is 32.4 Å². The lowest BCUT2D eigenvalue weighted by Crippen LogP contribution is -2.47. The third-order valence-corrected chi connectivity index (χ3v) is 4.79. The third-order valence-electron chi connectivity index (χ3n) is 4.79. The Balaban J connectivity index is 1.88. The number of benzene rings is 1. The van der Waals surface area contributed by atoms with Crippen molar-refractivity contribution in [3.05, 3.63) is 42.1 Å². The van der Waals surface area contributed by atoms with Crippen LogP contribution in [0.25, 0.3) is 10.9 Å². The van der Waals surface area contributed by atoms with Crippen LogP contribution in [-0.4, -0.2) is 58.3 Å². The second kappa shape index (κ2) is 7.19. The molecule has 6 heteroatoms. The monoisotopic (exact) mass is 340 g/mol. The molecule has 0 spiro atoms. The smallest absolute Gasteiger partial charge is 0.256 e. The van der Waals surface area contributed by atoms with Crippen LogP contribution in [0.15, 0.2) is 36.5 Å². The Bertz CT molecular complexity index is 788. The number of hydrogen-bond acceptors (Lipinski definition) is 4. The van der Waals surface area contributed by atoms with E-state index in [2.05, 4.69) is 4.98 Å². The summed E-state index contributed by atoms with van der Waals surface area (Å²) in [7, 11) is 0. The minimum Gasteiger partial charge on any atom is -0.341 e. The molecule has 1 aromatic carbocycles. The molecule has 2 atom stereocenters. The quantitative estimate of drug-likeness (QED) is 0.918. The molecular weight excluding hydrogens is 316 g/mol. The van der Waals surface area contributed by atoms with Gasteiger partial charge in [0.1, 0.15) is 6.04 Å². The molecule has 0 aliphatic carbocycles. The number of hydrogen-bond donors (Lipinski definition) is 1. The van der Waals surface area contributed by atoms with Gasteiger partial charge >= 0.3 is 0 Å². The van der Waals surface area contributed by atoms with Crippen molar-refractivity contribution in [2.24, 2.45) is 5.73 Å². The van der Waals surface area contributed by atoms with E-state index in [0.717, 1.165) is 10.9 Å². The number of carbonyl (C=O) groups is 2. The van der Waals surface area contributed by atoms with E-state index >= 15 is 0 Å². The van der Waals surface area contributed by atoms with Gasteiger partial charge in [0.05, 0.1) is 11.1 Å². The Morgan fingerprint density at radius 2 is 2.00 bits per heavy atom. The van der Waals surface area contributed by atoms with Crippen molar-refractivity contribution in [1.29, 1.82) is 0 Å². The van der Waals surface area contributed by atoms with Gasteiger partial charge in [-0.05, 0) is 32.4 Å². The number of nitrogens with zero attached hydrogens (tertiary/aromatic N) is 3. The first kappa shape index (κ1) is 17.4. The molecule has 1 saturated heterocycles. The van der Waals surface area contributed by atoms with Gasteiger partial charge in [-0.15, -0.1) is 0 Å². The van der Waals surface area contributed by atoms with Crippen LogP contribution >= 0.6 is 0 Å². The Kier molecular flexibility index (Phi) is 4.99. The highest BCUT2D eigenvalue weighted by molar-refractivity contribution is 6.00. The Hall–Kier alpha value is -2.47. The number of carbonyl (C=O) groups excluding carboxylic acids is 2. The first-order chi connectivity index (χ1) is 12.0. The standard InChI is InChI=1S/C19H24N4O2/c1-3-22(4-2)19(25)17-10-15(20)12-23(17)18(24)14-9-13-7-5-6-8-16(13)21-11-14/h5-9,11,15,17H,3-4,10,12,20H2,1-2H3/t15-,17+/m1/s1. The molecule has 1 aliphatic heterocycles. The Labute approximate surface area is 147 Å². The normalized spacial score (nSPS) is 20.0. The van der Waals surface area contributed by atoms with Crippen LogP contribution in [0.4, 0.5) is 0 Å². The first-order valence-electron chi connectivity index (χ1n) is 8.75. The molecule has 2 heterocycles. The number of pyridine rings is 1. The number of rotatable bonds is 4. The van der Waals surface area contributed by atoms with E-state index < -0.39 is 6.04 Å². The van der Waals surface area contributed by atoms with Crippen molar-refractivity contribution < 1.29 is 9.59 Å². The number of aromatic nitrogens is 1. The van der Waals surface area contributed by atoms with E-state index in [1.165, 1.54) is 0 Å². The summed E-state index contributed by atoms with van der Waals surface area (Å²) < 4.78 is 0. The van der Waals surface area contributed by atoms with E-state index in [4.69, 9.17) is 5.73 Å². The molecule has 25 heavy (non-hydrogen) atoms. The van der Waals surface area contributed by atoms with Gasteiger partial charge in [-0.25, -0.2) is 0 Å². The maximum atomic E-state index is 13.0. The molecule has 2 N–H and O–H groups in total. The fraction of sp³-hybridized carbons (Fsp3) is 0.421. The lowest BCUT2D eigenvalue weighted by atomic mass is 10.1. The second-order valence-corrected chi connectivity index (χ2v) is 6.40. The fourth-order valence-corrected chi connectivity index (χ4v) is 3.43. The van der Waals surface area contributed by atoms with Crippen LogP contribution in [0.3, 0.4) is 0 Å². The summed E-state index contributed by atoms with van der Waals surface area (Å²) >= 11 is 0. The molecule has 1 aliphatic rings. The molecule has 0 bridgehead atoms. The number of likely N-dealkylation sites (N-methyl/N-ethyl adjacent to an activating group) is 1. The molecule has 1 aromatic heterocycles. The van der Waals surface area contributed by atoms with Gasteiger partial charge in [0.2, 0.25) is 5.91 Å². The molecule has 132 valence electrons. The number of nitrogens with two attached hydrogens (primary N) is 1. The molecule has 0 unspecified atom stereocenters. The number of likely N-dealkylation sites (tertiary alicyclic amines) is 1. The van der Waals surface area contributed by atoms with E-state index in [-0.39, 0.29) is 17.9 Å². The topological polar surface area (TPSA) is 79.5 Å². The van der Waals surface area contributed by atoms with Gasteiger partial charge in [0.25, 0.3) is 5.91 Å². The number of fused-ring (bicyclic) bond motifs is 1. The van der Waals surface area contributed by atoms with Gasteiger partial charge in [0.15, 0.2) is 0 Å². The number of para-hydroxylation sites is 1. The lowest BCUT2D eigenvalue weighted by Gasteiger charge is -2.28. The predicted octanol–water partition coefficient (Wildman–Crippen LogP) is 1.65. The van der Waals surface area contributed by atoms with Crippen molar-refractivity contribution >= 4 is 22.7 Å². The minimum absolute atomic E-state index is 0.0277. The van der Waals surface area contributed by atoms with Crippen LogP contribution in [0.1, 0.15) is 30.6 Å². The summed E-state index contributed by atoms with van der Waals surface area (Å²) in [6, 6.07) is 8.81. The lowest BCUT2D eigenvalue weighted by molar-refractivity contribution is -0.134. The zero-order chi connectivity index (χ0) is 18.0. The second-order valence-electron chi connectivity index (χ2n) is 6.40. The zero-order valence-corrected chi connectivity index (χ0v) is 14.7. The highest BCUT2D eigenvalue weighted by atomic mass is 16.2. The molecule has 2 aromatic rings. The summed E-state index contributed by atoms with van der Waals surface area (Å²) in [6.45, 7) is 5.52. The average Bonchev–Trinajstić information content (AvgIpc) is 3.03. The van der Waals surface area contributed by atoms with E-state index in [1.54, 1.807) is 16.0 Å². The Morgan fingerprint density at radius 1 is 1.28 bits per heavy atom. The van der Waals surface area contributed by atoms with Crippen molar-refractivity contribution in [3.63, 3.8) is 0 Å². The molecular formula is C19H24N4O2. The molecule has 6 nitrogen and oxygen atoms in total. The van der Waals surface area contributed by atoms with E-state index in [9.17, 15) is 9.59 Å². The summed E-state index contributed by atoms with van der Waals surface area (Å²) in [5, 5.41) is 0.906. The van der Waals surface area contributed by atoms with Crippen LogP contribution in [0.2, 0.25) is 0 Å². The van der Waals surface area contributed by atoms with Gasteiger partial charge < -0.3 is 15.5 Å². The zero-order valence-electron chi connectivity index (χ0n) is 14.7. The summed E-state index contributed by atoms with van der Waals surface area (Å²) in [5.74, 6) is -0.211. The molecule has 1 fully saturated rings. The van der Waals surface area contributed by atoms with Crippen LogP contribution < -0.4 is 5.73 Å². The molecule has 0 saturated carbocycles. The molecule has 2 amide bonds. The SMILES string of the molecule is CCN(CC)C(=O)[C@@H]1C[C@@H](N)CN1C(=O)c1cnc2ccccc2c1. The van der Waals surface area contributed by atoms with Gasteiger partial charge in [0, 0.05) is 37.3 Å². The van der Waals surface area contributed by atoms with Crippen molar-refractivity contribution in [2.75, 3.05) is 19.6 Å². The fourth-order valence-electron chi connectivity index (χ4n) is 3.43. The summed E-state index contributed by atoms with van der Waals surface area (Å²) in [4.78, 5) is 33.5. The first-order valence-corrected chi connectivity index (χ1v) is 8.75. The van der Waals surface area contributed by atoms with Gasteiger partial charge in [-0.1, -0.05) is 18.2 Å². The summed E-state index contributed by atoms with van der Waals surface area (Å²) in [6.07, 6.45) is 2.08. The maximum Gasteiger partial charge on any atom is 0.256 e. The third kappa shape index (κ3) is 3.35. The van der Waals surface area contributed by atoms with Crippen LogP contribution in [-0.2, 0) is 4.79 Å². The van der Waals surface area contributed by atoms with Gasteiger partial charge in [-0.3, -0.25) is 14.6 Å². The highest BCUT2D eigenvalue weighted by Crippen LogP contribution is 2.23. The van der Waals surface area contributed by atoms with E-state index in [1.807, 2.05) is 44.2 Å². The number of amides is 2. The minimum atomic E-state index is -0.492. The Morgan fingerprint density at radius 3 is 2.72 bits per heavy atom. The van der Waals surface area contributed by atoms with Crippen molar-refractivity contribution in [3.8, 4) is 0 Å². The largest absolute Gasteiger partial charge is 0.341 e. The molecule has 0 radical (unpaired) electrons. The average molecular weight is 340 g/mol. The summed E-state index contributed by atoms with van der Waals surface area (Å²) in [5.41, 5.74) is 7.39. The predicted molar refractivity (Wildman–Crippen MR) is 97.1 cm³/mol. The van der Waals surface area contributed by atoms with E-state index in [0.29, 0.717) is 31.6 Å². The molecule has 3 rings (SSSR count). The van der Waals surface area contributed by atoms with Crippen molar-refractivity contribution in [1.82, 2.24) is 14.8 Å². The van der Waals surface area contributed by atoms with Crippen LogP contribution in [0.5, 0.6) is 0 Å². The maximum absolute atomic E-state index is 13.0. The highest BCUT2D eigenvalue weighted by Gasteiger charge is 2.40. The van der Waals surface area contributed by atoms with Gasteiger partial charge in [-0.2, -0.15) is 0 Å².